The van der Waals surface area contributed by atoms with E-state index in [1.807, 2.05) is 0 Å². The molecule has 0 fully saturated rings. The second-order valence-corrected chi connectivity index (χ2v) is 11.3. The lowest BCUT2D eigenvalue weighted by Crippen LogP contribution is -2.51. The summed E-state index contributed by atoms with van der Waals surface area (Å²) in [5.41, 5.74) is 10.2. The monoisotopic (exact) mass is 601 g/mol. The number of nitrogens with two attached hydrogens (primary N) is 1. The number of methoxy groups -OCH3 is 3. The molecule has 0 saturated heterocycles. The Kier molecular flexibility index (Phi) is 10.6. The SMILES string of the molecule is COc1cnc([C@H](OC(C)C)[C@H](C)S(=O)(=O)N=C(N)N(NC(=O)c2cncc(C)c2)c2c(OC)cccc2OC)cn1. The predicted molar refractivity (Wildman–Crippen MR) is 156 cm³/mol. The number of carbonyl (C=O) groups is 1. The van der Waals surface area contributed by atoms with Crippen LogP contribution in [-0.4, -0.2) is 67.9 Å². The fraction of sp³-hybridized carbons (Fsp3) is 0.370. The Balaban J connectivity index is 2.10. The zero-order valence-electron chi connectivity index (χ0n) is 24.4. The predicted octanol–water partition coefficient (Wildman–Crippen LogP) is 2.56. The van der Waals surface area contributed by atoms with Crippen LogP contribution in [0.2, 0.25) is 0 Å². The van der Waals surface area contributed by atoms with E-state index in [0.717, 1.165) is 10.6 Å². The minimum absolute atomic E-state index is 0.108. The van der Waals surface area contributed by atoms with E-state index < -0.39 is 33.2 Å². The van der Waals surface area contributed by atoms with Crippen LogP contribution in [0.3, 0.4) is 0 Å². The quantitative estimate of drug-likeness (QED) is 0.187. The van der Waals surface area contributed by atoms with E-state index in [9.17, 15) is 13.2 Å². The molecule has 0 aliphatic carbocycles. The first kappa shape index (κ1) is 32.0. The number of nitrogens with zero attached hydrogens (tertiary/aromatic N) is 5. The lowest BCUT2D eigenvalue weighted by molar-refractivity contribution is 0.00382. The van der Waals surface area contributed by atoms with E-state index >= 15 is 0 Å². The summed E-state index contributed by atoms with van der Waals surface area (Å²) in [6.45, 7) is 6.70. The number of benzene rings is 1. The van der Waals surface area contributed by atoms with Crippen molar-refractivity contribution < 1.29 is 32.2 Å². The number of aromatic nitrogens is 3. The van der Waals surface area contributed by atoms with E-state index in [0.29, 0.717) is 0 Å². The van der Waals surface area contributed by atoms with Crippen molar-refractivity contribution in [3.63, 3.8) is 0 Å². The molecular weight excluding hydrogens is 566 g/mol. The lowest BCUT2D eigenvalue weighted by Gasteiger charge is -2.28. The normalized spacial score (nSPS) is 13.3. The summed E-state index contributed by atoms with van der Waals surface area (Å²) in [4.78, 5) is 25.7. The Morgan fingerprint density at radius 3 is 2.19 bits per heavy atom. The first-order valence-corrected chi connectivity index (χ1v) is 14.3. The van der Waals surface area contributed by atoms with Crippen molar-refractivity contribution in [1.82, 2.24) is 20.4 Å². The van der Waals surface area contributed by atoms with Gasteiger partial charge in [-0.25, -0.2) is 18.4 Å². The summed E-state index contributed by atoms with van der Waals surface area (Å²) >= 11 is 0. The molecule has 42 heavy (non-hydrogen) atoms. The van der Waals surface area contributed by atoms with Gasteiger partial charge in [-0.2, -0.15) is 0 Å². The highest BCUT2D eigenvalue weighted by Crippen LogP contribution is 2.37. The molecule has 15 heteroatoms. The molecule has 2 heterocycles. The standard InChI is InChI=1S/C27H35N7O7S/c1-16(2)41-25(20-14-31-23(40-7)15-30-20)18(4)42(36,37)33-27(28)34(24-21(38-5)9-8-10-22(24)39-6)32-26(35)19-11-17(3)12-29-13-19/h8-16,18,25H,1-7H3,(H2,28,33)(H,32,35)/t18-,25+/m0/s1. The number of para-hydroxylation sites is 1. The third-order valence-electron chi connectivity index (χ3n) is 5.89. The third-order valence-corrected chi connectivity index (χ3v) is 7.52. The molecule has 2 atom stereocenters. The molecule has 0 aliphatic rings. The minimum atomic E-state index is -4.42. The number of rotatable bonds is 11. The van der Waals surface area contributed by atoms with Gasteiger partial charge in [0.15, 0.2) is 5.69 Å². The van der Waals surface area contributed by atoms with E-state index in [2.05, 4.69) is 24.8 Å². The average molecular weight is 602 g/mol. The van der Waals surface area contributed by atoms with Gasteiger partial charge in [0.2, 0.25) is 11.8 Å². The zero-order valence-corrected chi connectivity index (χ0v) is 25.2. The minimum Gasteiger partial charge on any atom is -0.494 e. The van der Waals surface area contributed by atoms with Gasteiger partial charge in [0.05, 0.1) is 51.1 Å². The molecule has 3 rings (SSSR count). The topological polar surface area (TPSA) is 180 Å². The molecule has 14 nitrogen and oxygen atoms in total. The number of ether oxygens (including phenoxy) is 4. The fourth-order valence-electron chi connectivity index (χ4n) is 3.83. The second kappa shape index (κ2) is 13.9. The highest BCUT2D eigenvalue weighted by Gasteiger charge is 2.35. The highest BCUT2D eigenvalue weighted by molar-refractivity contribution is 7.90. The van der Waals surface area contributed by atoms with Gasteiger partial charge in [0.1, 0.15) is 22.9 Å². The first-order chi connectivity index (χ1) is 19.9. The van der Waals surface area contributed by atoms with E-state index in [1.54, 1.807) is 51.2 Å². The molecule has 3 N–H and O–H groups in total. The number of amides is 1. The van der Waals surface area contributed by atoms with Crippen LogP contribution in [0.15, 0.2) is 53.5 Å². The number of hydrogen-bond donors (Lipinski definition) is 2. The lowest BCUT2D eigenvalue weighted by atomic mass is 10.2. The van der Waals surface area contributed by atoms with Crippen LogP contribution in [0.5, 0.6) is 17.4 Å². The van der Waals surface area contributed by atoms with Gasteiger partial charge >= 0.3 is 0 Å². The number of guanidine groups is 1. The second-order valence-electron chi connectivity index (χ2n) is 9.30. The van der Waals surface area contributed by atoms with Crippen molar-refractivity contribution >= 4 is 27.6 Å². The van der Waals surface area contributed by atoms with Crippen LogP contribution < -0.4 is 30.4 Å². The first-order valence-electron chi connectivity index (χ1n) is 12.8. The van der Waals surface area contributed by atoms with Crippen molar-refractivity contribution in [2.24, 2.45) is 10.1 Å². The van der Waals surface area contributed by atoms with Gasteiger partial charge in [0, 0.05) is 12.4 Å². The van der Waals surface area contributed by atoms with Crippen molar-refractivity contribution in [2.45, 2.75) is 45.2 Å². The van der Waals surface area contributed by atoms with E-state index in [-0.39, 0.29) is 40.4 Å². The number of pyridine rings is 1. The van der Waals surface area contributed by atoms with Crippen LogP contribution >= 0.6 is 0 Å². The van der Waals surface area contributed by atoms with E-state index in [1.165, 1.54) is 46.8 Å². The highest BCUT2D eigenvalue weighted by atomic mass is 32.2. The van der Waals surface area contributed by atoms with Gasteiger partial charge in [-0.15, -0.1) is 4.40 Å². The molecule has 0 radical (unpaired) electrons. The summed E-state index contributed by atoms with van der Waals surface area (Å²) in [5.74, 6) is -0.550. The van der Waals surface area contributed by atoms with Gasteiger partial charge in [0.25, 0.3) is 15.9 Å². The molecule has 2 aromatic heterocycles. The maximum Gasteiger partial charge on any atom is 0.271 e. The Morgan fingerprint density at radius 2 is 1.67 bits per heavy atom. The molecular formula is C27H35N7O7S. The molecule has 1 aromatic carbocycles. The molecule has 1 amide bonds. The summed E-state index contributed by atoms with van der Waals surface area (Å²) in [6.07, 6.45) is 4.24. The summed E-state index contributed by atoms with van der Waals surface area (Å²) in [5, 5.41) is -0.294. The molecule has 0 bridgehead atoms. The number of carbonyl (C=O) groups excluding carboxylic acids is 1. The molecule has 0 aliphatic heterocycles. The van der Waals surface area contributed by atoms with Crippen molar-refractivity contribution in [2.75, 3.05) is 26.3 Å². The molecule has 0 saturated carbocycles. The fourth-order valence-corrected chi connectivity index (χ4v) is 4.85. The smallest absolute Gasteiger partial charge is 0.271 e. The van der Waals surface area contributed by atoms with Crippen molar-refractivity contribution in [1.29, 1.82) is 0 Å². The van der Waals surface area contributed by atoms with Crippen LogP contribution in [0.4, 0.5) is 5.69 Å². The summed E-state index contributed by atoms with van der Waals surface area (Å²) in [6, 6.07) is 6.44. The van der Waals surface area contributed by atoms with E-state index in [4.69, 9.17) is 24.7 Å². The van der Waals surface area contributed by atoms with Crippen LogP contribution in [0.25, 0.3) is 0 Å². The van der Waals surface area contributed by atoms with Gasteiger partial charge in [-0.1, -0.05) is 6.07 Å². The number of anilines is 1. The number of hydrogen-bond acceptors (Lipinski definition) is 10. The molecule has 3 aromatic rings. The molecule has 226 valence electrons. The Labute approximate surface area is 244 Å². The maximum atomic E-state index is 13.7. The molecule has 0 unspecified atom stereocenters. The van der Waals surface area contributed by atoms with Crippen molar-refractivity contribution in [3.05, 3.63) is 65.9 Å². The Morgan fingerprint density at radius 1 is 1.00 bits per heavy atom. The van der Waals surface area contributed by atoms with Gasteiger partial charge < -0.3 is 24.7 Å². The van der Waals surface area contributed by atoms with Crippen LogP contribution in [0.1, 0.15) is 48.5 Å². The Hall–Kier alpha value is -4.50. The number of sulfonamides is 1. The third kappa shape index (κ3) is 7.61. The summed E-state index contributed by atoms with van der Waals surface area (Å²) < 4.78 is 53.2. The van der Waals surface area contributed by atoms with Crippen LogP contribution in [0, 0.1) is 6.92 Å². The number of aryl methyl sites for hydroxylation is 1. The maximum absolute atomic E-state index is 13.7. The largest absolute Gasteiger partial charge is 0.494 e. The van der Waals surface area contributed by atoms with Crippen LogP contribution in [-0.2, 0) is 14.8 Å². The Bertz CT molecular complexity index is 1490. The van der Waals surface area contributed by atoms with Gasteiger partial charge in [-0.3, -0.25) is 20.2 Å². The number of hydrazine groups is 1. The zero-order chi connectivity index (χ0) is 31.0. The molecule has 0 spiro atoms. The average Bonchev–Trinajstić information content (AvgIpc) is 2.97. The summed E-state index contributed by atoms with van der Waals surface area (Å²) in [7, 11) is -0.175. The number of nitrogens with one attached hydrogen (secondary N) is 1. The van der Waals surface area contributed by atoms with Crippen molar-refractivity contribution in [3.8, 4) is 17.4 Å². The van der Waals surface area contributed by atoms with Gasteiger partial charge in [-0.05, 0) is 51.5 Å².